The van der Waals surface area contributed by atoms with E-state index < -0.39 is 12.1 Å². The normalized spacial score (nSPS) is 13.7. The van der Waals surface area contributed by atoms with E-state index in [4.69, 9.17) is 0 Å². The number of likely N-dealkylation sites (tertiary alicyclic amines) is 1. The monoisotopic (exact) mass is 457 g/mol. The predicted octanol–water partition coefficient (Wildman–Crippen LogP) is 3.38. The smallest absolute Gasteiger partial charge is 0.404 e. The molecule has 3 aromatic rings. The van der Waals surface area contributed by atoms with Gasteiger partial charge in [0, 0.05) is 31.0 Å². The Morgan fingerprint density at radius 2 is 1.88 bits per heavy atom. The molecule has 1 fully saturated rings. The summed E-state index contributed by atoms with van der Waals surface area (Å²) in [4.78, 5) is 30.1. The van der Waals surface area contributed by atoms with Crippen molar-refractivity contribution in [3.8, 4) is 17.0 Å². The van der Waals surface area contributed by atoms with Crippen LogP contribution in [0.25, 0.3) is 11.3 Å². The summed E-state index contributed by atoms with van der Waals surface area (Å²) in [6, 6.07) is 5.65. The lowest BCUT2D eigenvalue weighted by atomic mass is 10.1. The Morgan fingerprint density at radius 1 is 1.15 bits per heavy atom. The number of para-hydroxylation sites is 2. The summed E-state index contributed by atoms with van der Waals surface area (Å²) in [5.74, 6) is 0.0993. The molecule has 0 bridgehead atoms. The Balaban J connectivity index is 1.42. The predicted molar refractivity (Wildman–Crippen MR) is 114 cm³/mol. The molecule has 1 saturated heterocycles. The Bertz CT molecular complexity index is 1150. The molecule has 33 heavy (non-hydrogen) atoms. The minimum atomic E-state index is -4.82. The molecule has 0 radical (unpaired) electrons. The molecule has 4 rings (SSSR count). The number of alkyl halides is 3. The quantitative estimate of drug-likeness (QED) is 0.521. The van der Waals surface area contributed by atoms with E-state index in [1.54, 1.807) is 17.2 Å². The summed E-state index contributed by atoms with van der Waals surface area (Å²) in [6.07, 6.45) is 2.51. The van der Waals surface area contributed by atoms with Crippen molar-refractivity contribution in [1.29, 1.82) is 0 Å². The first-order chi connectivity index (χ1) is 15.8. The number of carbonyl (C=O) groups is 1. The average Bonchev–Trinajstić information content (AvgIpc) is 2.76. The minimum Gasteiger partial charge on any atom is -0.404 e. The van der Waals surface area contributed by atoms with Crippen molar-refractivity contribution in [2.45, 2.75) is 12.4 Å². The second-order valence-corrected chi connectivity index (χ2v) is 7.04. The largest absolute Gasteiger partial charge is 0.573 e. The topological polar surface area (TPSA) is 105 Å². The van der Waals surface area contributed by atoms with Crippen LogP contribution >= 0.6 is 0 Å². The SMILES string of the molecule is C=CC(=O)N1CC(Nc2cncc(-c3cnc(Nc4ccccc4OC(F)(F)F)nc3)n2)C1. The summed E-state index contributed by atoms with van der Waals surface area (Å²) in [5.41, 5.74) is 1.14. The molecular formula is C21H18F3N7O2. The van der Waals surface area contributed by atoms with Gasteiger partial charge in [0.15, 0.2) is 5.75 Å². The van der Waals surface area contributed by atoms with Gasteiger partial charge in [0.1, 0.15) is 5.82 Å². The highest BCUT2D eigenvalue weighted by Crippen LogP contribution is 2.31. The zero-order chi connectivity index (χ0) is 23.4. The minimum absolute atomic E-state index is 0.0558. The molecule has 0 saturated carbocycles. The van der Waals surface area contributed by atoms with Gasteiger partial charge < -0.3 is 20.3 Å². The van der Waals surface area contributed by atoms with Crippen LogP contribution in [-0.2, 0) is 4.79 Å². The number of nitrogens with zero attached hydrogens (tertiary/aromatic N) is 5. The first-order valence-corrected chi connectivity index (χ1v) is 9.75. The number of carbonyl (C=O) groups excluding carboxylic acids is 1. The average molecular weight is 457 g/mol. The highest BCUT2D eigenvalue weighted by atomic mass is 19.4. The van der Waals surface area contributed by atoms with Crippen molar-refractivity contribution in [2.24, 2.45) is 0 Å². The van der Waals surface area contributed by atoms with Crippen molar-refractivity contribution in [3.63, 3.8) is 0 Å². The standard InChI is InChI=1S/C21H18F3N7O2/c1-2-19(32)31-11-14(12-31)28-18-10-25-9-16(29-18)13-7-26-20(27-8-13)30-15-5-3-4-6-17(15)33-21(22,23)24/h2-10,14H,1,11-12H2,(H,28,29)(H,26,27,30). The third-order valence-electron chi connectivity index (χ3n) is 4.66. The number of amides is 1. The molecule has 0 unspecified atom stereocenters. The first kappa shape index (κ1) is 22.0. The van der Waals surface area contributed by atoms with E-state index in [1.165, 1.54) is 42.9 Å². The van der Waals surface area contributed by atoms with Gasteiger partial charge in [0.05, 0.1) is 29.8 Å². The van der Waals surface area contributed by atoms with Gasteiger partial charge in [0.25, 0.3) is 0 Å². The third kappa shape index (κ3) is 5.53. The Hall–Kier alpha value is -4.22. The summed E-state index contributed by atoms with van der Waals surface area (Å²) < 4.78 is 41.8. The van der Waals surface area contributed by atoms with Crippen LogP contribution < -0.4 is 15.4 Å². The lowest BCUT2D eigenvalue weighted by Gasteiger charge is -2.39. The number of ether oxygens (including phenoxy) is 1. The molecule has 2 aromatic heterocycles. The van der Waals surface area contributed by atoms with Crippen molar-refractivity contribution >= 4 is 23.4 Å². The van der Waals surface area contributed by atoms with Crippen molar-refractivity contribution in [2.75, 3.05) is 23.7 Å². The molecule has 2 N–H and O–H groups in total. The fourth-order valence-corrected chi connectivity index (χ4v) is 3.09. The molecule has 1 aliphatic heterocycles. The van der Waals surface area contributed by atoms with Gasteiger partial charge in [0.2, 0.25) is 11.9 Å². The molecule has 12 heteroatoms. The van der Waals surface area contributed by atoms with E-state index in [0.29, 0.717) is 30.2 Å². The number of rotatable bonds is 7. The second kappa shape index (κ2) is 9.10. The number of aromatic nitrogens is 4. The second-order valence-electron chi connectivity index (χ2n) is 7.04. The third-order valence-corrected chi connectivity index (χ3v) is 4.66. The van der Waals surface area contributed by atoms with Crippen LogP contribution in [0.4, 0.5) is 30.6 Å². The number of nitrogens with one attached hydrogen (secondary N) is 2. The number of hydrogen-bond donors (Lipinski definition) is 2. The van der Waals surface area contributed by atoms with Crippen LogP contribution in [0, 0.1) is 0 Å². The van der Waals surface area contributed by atoms with E-state index in [0.717, 1.165) is 0 Å². The molecular weight excluding hydrogens is 439 g/mol. The Kier molecular flexibility index (Phi) is 6.07. The molecule has 0 atom stereocenters. The van der Waals surface area contributed by atoms with Gasteiger partial charge in [-0.05, 0) is 18.2 Å². The van der Waals surface area contributed by atoms with Gasteiger partial charge >= 0.3 is 6.36 Å². The Labute approximate surface area is 186 Å². The fraction of sp³-hybridized carbons (Fsp3) is 0.190. The fourth-order valence-electron chi connectivity index (χ4n) is 3.09. The van der Waals surface area contributed by atoms with Crippen molar-refractivity contribution in [1.82, 2.24) is 24.8 Å². The zero-order valence-electron chi connectivity index (χ0n) is 17.1. The van der Waals surface area contributed by atoms with E-state index in [-0.39, 0.29) is 23.6 Å². The summed E-state index contributed by atoms with van der Waals surface area (Å²) in [5, 5.41) is 5.92. The lowest BCUT2D eigenvalue weighted by molar-refractivity contribution is -0.274. The maximum Gasteiger partial charge on any atom is 0.573 e. The maximum absolute atomic E-state index is 12.6. The molecule has 170 valence electrons. The van der Waals surface area contributed by atoms with E-state index in [1.807, 2.05) is 0 Å². The lowest BCUT2D eigenvalue weighted by Crippen LogP contribution is -2.56. The van der Waals surface area contributed by atoms with Crippen LogP contribution in [0.3, 0.4) is 0 Å². The maximum atomic E-state index is 12.6. The van der Waals surface area contributed by atoms with Gasteiger partial charge in [-0.3, -0.25) is 9.78 Å². The number of halogens is 3. The van der Waals surface area contributed by atoms with Crippen LogP contribution in [0.2, 0.25) is 0 Å². The van der Waals surface area contributed by atoms with E-state index in [9.17, 15) is 18.0 Å². The molecule has 1 amide bonds. The summed E-state index contributed by atoms with van der Waals surface area (Å²) in [7, 11) is 0. The number of anilines is 3. The molecule has 3 heterocycles. The summed E-state index contributed by atoms with van der Waals surface area (Å²) in [6.45, 7) is 4.55. The zero-order valence-corrected chi connectivity index (χ0v) is 17.1. The molecule has 0 spiro atoms. The Morgan fingerprint density at radius 3 is 2.58 bits per heavy atom. The molecule has 1 aliphatic rings. The van der Waals surface area contributed by atoms with Crippen molar-refractivity contribution in [3.05, 3.63) is 61.7 Å². The van der Waals surface area contributed by atoms with Crippen LogP contribution in [0.15, 0.2) is 61.7 Å². The van der Waals surface area contributed by atoms with Gasteiger partial charge in [-0.25, -0.2) is 15.0 Å². The van der Waals surface area contributed by atoms with Gasteiger partial charge in [-0.15, -0.1) is 13.2 Å². The number of benzene rings is 1. The van der Waals surface area contributed by atoms with Crippen LogP contribution in [-0.4, -0.2) is 56.2 Å². The molecule has 0 aliphatic carbocycles. The van der Waals surface area contributed by atoms with Crippen LogP contribution in [0.5, 0.6) is 5.75 Å². The molecule has 9 nitrogen and oxygen atoms in total. The first-order valence-electron chi connectivity index (χ1n) is 9.75. The van der Waals surface area contributed by atoms with E-state index in [2.05, 4.69) is 41.9 Å². The van der Waals surface area contributed by atoms with Crippen molar-refractivity contribution < 1.29 is 22.7 Å². The number of hydrogen-bond acceptors (Lipinski definition) is 8. The van der Waals surface area contributed by atoms with Crippen LogP contribution in [0.1, 0.15) is 0 Å². The molecule has 1 aromatic carbocycles. The van der Waals surface area contributed by atoms with Gasteiger partial charge in [-0.2, -0.15) is 0 Å². The van der Waals surface area contributed by atoms with Gasteiger partial charge in [-0.1, -0.05) is 18.7 Å². The summed E-state index contributed by atoms with van der Waals surface area (Å²) >= 11 is 0. The highest BCUT2D eigenvalue weighted by Gasteiger charge is 2.32. The van der Waals surface area contributed by atoms with E-state index >= 15 is 0 Å². The highest BCUT2D eigenvalue weighted by molar-refractivity contribution is 5.87.